The van der Waals surface area contributed by atoms with Crippen LogP contribution in [0.5, 0.6) is 0 Å². The van der Waals surface area contributed by atoms with Crippen LogP contribution in [0, 0.1) is 0 Å². The highest BCUT2D eigenvalue weighted by Crippen LogP contribution is 2.46. The van der Waals surface area contributed by atoms with Gasteiger partial charge in [0.15, 0.2) is 0 Å². The van der Waals surface area contributed by atoms with Gasteiger partial charge < -0.3 is 4.90 Å². The van der Waals surface area contributed by atoms with Gasteiger partial charge in [-0.05, 0) is 12.8 Å². The number of carbonyl (C=O) groups excluding carboxylic acids is 1. The number of amides is 1. The molecule has 1 saturated carbocycles. The van der Waals surface area contributed by atoms with Gasteiger partial charge in [-0.1, -0.05) is 36.8 Å². The Morgan fingerprint density at radius 3 is 3.07 bits per heavy atom. The van der Waals surface area contributed by atoms with E-state index in [-0.39, 0.29) is 5.24 Å². The first-order valence-corrected chi connectivity index (χ1v) is 6.31. The molecule has 3 unspecified atom stereocenters. The standard InChI is InChI=1S/C10H18BNOS/c1-10(11)5-3-4-7-8(6-10)14-9(13)12(7)2/h7-8H,3-6,11H2,1-2H3. The molecule has 0 aromatic heterocycles. The molecule has 0 aromatic rings. The molecule has 14 heavy (non-hydrogen) atoms. The van der Waals surface area contributed by atoms with Gasteiger partial charge in [-0.25, -0.2) is 0 Å². The predicted molar refractivity (Wildman–Crippen MR) is 63.7 cm³/mol. The molecule has 0 spiro atoms. The lowest BCUT2D eigenvalue weighted by atomic mass is 9.65. The van der Waals surface area contributed by atoms with Crippen LogP contribution in [-0.2, 0) is 0 Å². The maximum absolute atomic E-state index is 11.6. The minimum absolute atomic E-state index is 0.276. The fourth-order valence-corrected chi connectivity index (χ4v) is 4.24. The van der Waals surface area contributed by atoms with Crippen molar-refractivity contribution < 1.29 is 4.79 Å². The van der Waals surface area contributed by atoms with Crippen LogP contribution in [0.1, 0.15) is 32.6 Å². The summed E-state index contributed by atoms with van der Waals surface area (Å²) in [5.41, 5.74) is 0. The number of hydrogen-bond donors (Lipinski definition) is 0. The van der Waals surface area contributed by atoms with Crippen molar-refractivity contribution in [1.29, 1.82) is 0 Å². The maximum Gasteiger partial charge on any atom is 0.282 e. The highest BCUT2D eigenvalue weighted by Gasteiger charge is 2.42. The molecule has 1 heterocycles. The Morgan fingerprint density at radius 1 is 1.64 bits per heavy atom. The molecule has 3 atom stereocenters. The highest BCUT2D eigenvalue weighted by atomic mass is 32.2. The third-order valence-corrected chi connectivity index (χ3v) is 4.85. The van der Waals surface area contributed by atoms with Crippen LogP contribution in [0.2, 0.25) is 5.31 Å². The fraction of sp³-hybridized carbons (Fsp3) is 0.900. The summed E-state index contributed by atoms with van der Waals surface area (Å²) in [6.45, 7) is 2.33. The summed E-state index contributed by atoms with van der Waals surface area (Å²) in [6.07, 6.45) is 4.97. The van der Waals surface area contributed by atoms with E-state index in [1.165, 1.54) is 25.7 Å². The van der Waals surface area contributed by atoms with Crippen molar-refractivity contribution in [3.63, 3.8) is 0 Å². The summed E-state index contributed by atoms with van der Waals surface area (Å²) < 4.78 is 0. The van der Waals surface area contributed by atoms with E-state index in [1.807, 2.05) is 11.9 Å². The van der Waals surface area contributed by atoms with Crippen LogP contribution in [0.25, 0.3) is 0 Å². The van der Waals surface area contributed by atoms with Crippen molar-refractivity contribution >= 4 is 24.8 Å². The Bertz CT molecular complexity index is 257. The summed E-state index contributed by atoms with van der Waals surface area (Å²) in [7, 11) is 4.29. The molecule has 1 aliphatic heterocycles. The average Bonchev–Trinajstić information content (AvgIpc) is 2.28. The van der Waals surface area contributed by atoms with Crippen molar-refractivity contribution in [3.8, 4) is 0 Å². The van der Waals surface area contributed by atoms with Crippen LogP contribution in [0.3, 0.4) is 0 Å². The predicted octanol–water partition coefficient (Wildman–Crippen LogP) is 1.91. The summed E-state index contributed by atoms with van der Waals surface area (Å²) in [6, 6.07) is 0.509. The smallest absolute Gasteiger partial charge is 0.282 e. The average molecular weight is 211 g/mol. The van der Waals surface area contributed by atoms with E-state index in [1.54, 1.807) is 11.8 Å². The molecule has 1 saturated heterocycles. The summed E-state index contributed by atoms with van der Waals surface area (Å²) in [5.74, 6) is 0. The number of thioether (sulfide) groups is 1. The molecular weight excluding hydrogens is 193 g/mol. The van der Waals surface area contributed by atoms with Gasteiger partial charge in [-0.3, -0.25) is 4.79 Å². The molecular formula is C10H18BNOS. The molecule has 0 radical (unpaired) electrons. The van der Waals surface area contributed by atoms with Gasteiger partial charge in [0.2, 0.25) is 0 Å². The van der Waals surface area contributed by atoms with Crippen molar-refractivity contribution in [2.24, 2.45) is 0 Å². The maximum atomic E-state index is 11.6. The Hall–Kier alpha value is -0.115. The summed E-state index contributed by atoms with van der Waals surface area (Å²) in [5, 5.41) is 1.25. The van der Waals surface area contributed by atoms with Crippen LogP contribution in [0.15, 0.2) is 0 Å². The number of nitrogens with zero attached hydrogens (tertiary/aromatic N) is 1. The lowest BCUT2D eigenvalue weighted by molar-refractivity contribution is 0.218. The highest BCUT2D eigenvalue weighted by molar-refractivity contribution is 8.14. The molecule has 2 rings (SSSR count). The molecule has 0 bridgehead atoms. The topological polar surface area (TPSA) is 20.3 Å². The normalized spacial score (nSPS) is 43.6. The monoisotopic (exact) mass is 211 g/mol. The SMILES string of the molecule is BC1(C)CCCC2C(C1)SC(=O)N2C. The first kappa shape index (κ1) is 10.4. The molecule has 1 aliphatic carbocycles. The van der Waals surface area contributed by atoms with Gasteiger partial charge in [0.25, 0.3) is 5.24 Å². The third kappa shape index (κ3) is 1.81. The first-order chi connectivity index (χ1) is 6.49. The van der Waals surface area contributed by atoms with Gasteiger partial charge in [0.1, 0.15) is 7.85 Å². The Labute approximate surface area is 91.2 Å². The second kappa shape index (κ2) is 3.48. The Kier molecular flexibility index (Phi) is 2.58. The fourth-order valence-electron chi connectivity index (χ4n) is 2.67. The third-order valence-electron chi connectivity index (χ3n) is 3.57. The minimum atomic E-state index is 0.276. The van der Waals surface area contributed by atoms with Crippen LogP contribution in [0.4, 0.5) is 4.79 Å². The minimum Gasteiger partial charge on any atom is -0.333 e. The molecule has 2 nitrogen and oxygen atoms in total. The molecule has 0 aromatic carbocycles. The van der Waals surface area contributed by atoms with Crippen LogP contribution in [-0.4, -0.2) is 36.3 Å². The van der Waals surface area contributed by atoms with E-state index >= 15 is 0 Å². The van der Waals surface area contributed by atoms with Crippen molar-refractivity contribution in [2.45, 2.75) is 49.2 Å². The zero-order valence-corrected chi connectivity index (χ0v) is 10.1. The second-order valence-electron chi connectivity index (χ2n) is 5.36. The number of carbonyl (C=O) groups is 1. The van der Waals surface area contributed by atoms with Crippen LogP contribution >= 0.6 is 11.8 Å². The number of hydrogen-bond acceptors (Lipinski definition) is 2. The van der Waals surface area contributed by atoms with E-state index in [0.29, 0.717) is 16.6 Å². The first-order valence-electron chi connectivity index (χ1n) is 5.43. The van der Waals surface area contributed by atoms with Gasteiger partial charge in [-0.15, -0.1) is 0 Å². The van der Waals surface area contributed by atoms with Gasteiger partial charge in [-0.2, -0.15) is 0 Å². The molecule has 2 fully saturated rings. The van der Waals surface area contributed by atoms with Crippen LogP contribution < -0.4 is 0 Å². The molecule has 1 amide bonds. The largest absolute Gasteiger partial charge is 0.333 e. The lowest BCUT2D eigenvalue weighted by Crippen LogP contribution is -2.33. The molecule has 0 N–H and O–H groups in total. The Morgan fingerprint density at radius 2 is 2.36 bits per heavy atom. The Balaban J connectivity index is 2.14. The molecule has 78 valence electrons. The number of fused-ring (bicyclic) bond motifs is 1. The summed E-state index contributed by atoms with van der Waals surface area (Å²) in [4.78, 5) is 13.5. The second-order valence-corrected chi connectivity index (χ2v) is 6.55. The number of rotatable bonds is 0. The van der Waals surface area contributed by atoms with Gasteiger partial charge in [0, 0.05) is 18.3 Å². The lowest BCUT2D eigenvalue weighted by Gasteiger charge is -2.25. The summed E-state index contributed by atoms with van der Waals surface area (Å²) >= 11 is 1.56. The van der Waals surface area contributed by atoms with E-state index in [0.717, 1.165) is 0 Å². The zero-order valence-electron chi connectivity index (χ0n) is 9.25. The van der Waals surface area contributed by atoms with E-state index in [2.05, 4.69) is 14.8 Å². The zero-order chi connectivity index (χ0) is 10.3. The molecule has 4 heteroatoms. The van der Waals surface area contributed by atoms with E-state index < -0.39 is 0 Å². The van der Waals surface area contributed by atoms with Crippen molar-refractivity contribution in [2.75, 3.05) is 7.05 Å². The van der Waals surface area contributed by atoms with E-state index in [9.17, 15) is 4.79 Å². The van der Waals surface area contributed by atoms with Gasteiger partial charge in [0.05, 0.1) is 0 Å². The van der Waals surface area contributed by atoms with Gasteiger partial charge >= 0.3 is 0 Å². The molecule has 2 aliphatic rings. The quantitative estimate of drug-likeness (QED) is 0.570. The van der Waals surface area contributed by atoms with E-state index in [4.69, 9.17) is 0 Å². The van der Waals surface area contributed by atoms with Crippen molar-refractivity contribution in [1.82, 2.24) is 4.90 Å². The van der Waals surface area contributed by atoms with Crippen molar-refractivity contribution in [3.05, 3.63) is 0 Å².